The third kappa shape index (κ3) is 3.13. The standard InChI is InChI=1S/C11H17N5O2/c1-2-16-13-11(12-14-16)9-4-3-6-15(8-9)7-5-10(17)18/h4H,2-3,5-8H2,1H3,(H,17,18). The summed E-state index contributed by atoms with van der Waals surface area (Å²) in [6, 6.07) is 0. The number of nitrogens with zero attached hydrogens (tertiary/aromatic N) is 5. The van der Waals surface area contributed by atoms with Gasteiger partial charge in [0.25, 0.3) is 0 Å². The Morgan fingerprint density at radius 1 is 1.56 bits per heavy atom. The zero-order valence-corrected chi connectivity index (χ0v) is 10.4. The highest BCUT2D eigenvalue weighted by Crippen LogP contribution is 2.17. The largest absolute Gasteiger partial charge is 0.481 e. The van der Waals surface area contributed by atoms with Crippen molar-refractivity contribution in [1.82, 2.24) is 25.1 Å². The molecule has 0 fully saturated rings. The van der Waals surface area contributed by atoms with Gasteiger partial charge in [-0.05, 0) is 18.6 Å². The molecule has 0 aromatic carbocycles. The van der Waals surface area contributed by atoms with E-state index in [1.807, 2.05) is 6.92 Å². The Kier molecular flexibility index (Phi) is 4.03. The van der Waals surface area contributed by atoms with Crippen LogP contribution >= 0.6 is 0 Å². The van der Waals surface area contributed by atoms with Crippen molar-refractivity contribution in [2.45, 2.75) is 26.3 Å². The van der Waals surface area contributed by atoms with Gasteiger partial charge >= 0.3 is 5.97 Å². The lowest BCUT2D eigenvalue weighted by atomic mass is 10.1. The fourth-order valence-electron chi connectivity index (χ4n) is 1.92. The molecule has 2 rings (SSSR count). The lowest BCUT2D eigenvalue weighted by Crippen LogP contribution is -2.31. The topological polar surface area (TPSA) is 84.1 Å². The van der Waals surface area contributed by atoms with E-state index in [2.05, 4.69) is 26.4 Å². The maximum atomic E-state index is 10.6. The smallest absolute Gasteiger partial charge is 0.304 e. The number of carboxylic acid groups (broad SMARTS) is 1. The Balaban J connectivity index is 1.97. The van der Waals surface area contributed by atoms with Crippen molar-refractivity contribution in [1.29, 1.82) is 0 Å². The molecule has 18 heavy (non-hydrogen) atoms. The zero-order valence-electron chi connectivity index (χ0n) is 10.4. The van der Waals surface area contributed by atoms with Crippen molar-refractivity contribution in [3.05, 3.63) is 11.9 Å². The Hall–Kier alpha value is -1.76. The van der Waals surface area contributed by atoms with E-state index < -0.39 is 5.97 Å². The first kappa shape index (κ1) is 12.7. The molecule has 0 saturated carbocycles. The Morgan fingerprint density at radius 3 is 3.06 bits per heavy atom. The molecule has 0 spiro atoms. The summed E-state index contributed by atoms with van der Waals surface area (Å²) in [6.07, 6.45) is 3.17. The van der Waals surface area contributed by atoms with E-state index in [9.17, 15) is 4.79 Å². The number of aliphatic carboxylic acids is 1. The van der Waals surface area contributed by atoms with E-state index in [1.165, 1.54) is 0 Å². The second-order valence-corrected chi connectivity index (χ2v) is 4.24. The molecular formula is C11H17N5O2. The van der Waals surface area contributed by atoms with Crippen molar-refractivity contribution in [3.63, 3.8) is 0 Å². The first-order chi connectivity index (χ1) is 8.69. The molecule has 0 bridgehead atoms. The summed E-state index contributed by atoms with van der Waals surface area (Å²) < 4.78 is 0. The van der Waals surface area contributed by atoms with Gasteiger partial charge < -0.3 is 5.11 Å². The zero-order chi connectivity index (χ0) is 13.0. The number of carbonyl (C=O) groups is 1. The summed E-state index contributed by atoms with van der Waals surface area (Å²) in [5.41, 5.74) is 1.03. The minimum Gasteiger partial charge on any atom is -0.481 e. The molecule has 0 aliphatic carbocycles. The van der Waals surface area contributed by atoms with Crippen LogP contribution in [0.25, 0.3) is 5.57 Å². The van der Waals surface area contributed by atoms with Gasteiger partial charge in [0.15, 0.2) is 0 Å². The fraction of sp³-hybridized carbons (Fsp3) is 0.636. The normalized spacial score (nSPS) is 16.6. The highest BCUT2D eigenvalue weighted by molar-refractivity contribution is 5.67. The van der Waals surface area contributed by atoms with Crippen molar-refractivity contribution >= 4 is 11.5 Å². The molecule has 2 heterocycles. The van der Waals surface area contributed by atoms with Crippen LogP contribution in [0.3, 0.4) is 0 Å². The van der Waals surface area contributed by atoms with Crippen LogP contribution in [-0.2, 0) is 11.3 Å². The van der Waals surface area contributed by atoms with E-state index >= 15 is 0 Å². The van der Waals surface area contributed by atoms with Gasteiger partial charge in [-0.25, -0.2) is 0 Å². The molecule has 98 valence electrons. The molecule has 7 nitrogen and oxygen atoms in total. The number of hydrogen-bond donors (Lipinski definition) is 1. The average molecular weight is 251 g/mol. The third-order valence-corrected chi connectivity index (χ3v) is 2.89. The fourth-order valence-corrected chi connectivity index (χ4v) is 1.92. The van der Waals surface area contributed by atoms with Crippen molar-refractivity contribution in [2.75, 3.05) is 19.6 Å². The molecular weight excluding hydrogens is 234 g/mol. The number of tetrazole rings is 1. The minimum atomic E-state index is -0.763. The summed E-state index contributed by atoms with van der Waals surface area (Å²) in [5.74, 6) is -0.113. The maximum Gasteiger partial charge on any atom is 0.304 e. The third-order valence-electron chi connectivity index (χ3n) is 2.89. The number of carboxylic acids is 1. The van der Waals surface area contributed by atoms with E-state index in [4.69, 9.17) is 5.11 Å². The van der Waals surface area contributed by atoms with Gasteiger partial charge in [-0.1, -0.05) is 6.08 Å². The molecule has 7 heteroatoms. The van der Waals surface area contributed by atoms with Gasteiger partial charge in [-0.3, -0.25) is 9.69 Å². The lowest BCUT2D eigenvalue weighted by molar-refractivity contribution is -0.137. The quantitative estimate of drug-likeness (QED) is 0.808. The predicted octanol–water partition coefficient (Wildman–Crippen LogP) is 0.257. The van der Waals surface area contributed by atoms with Crippen molar-refractivity contribution in [3.8, 4) is 0 Å². The van der Waals surface area contributed by atoms with E-state index in [1.54, 1.807) is 4.80 Å². The van der Waals surface area contributed by atoms with Gasteiger partial charge in [0.1, 0.15) is 0 Å². The van der Waals surface area contributed by atoms with Gasteiger partial charge in [-0.2, -0.15) is 4.80 Å². The Bertz CT molecular complexity index is 454. The molecule has 0 unspecified atom stereocenters. The molecule has 1 aliphatic rings. The van der Waals surface area contributed by atoms with E-state index in [0.717, 1.165) is 18.5 Å². The van der Waals surface area contributed by atoms with E-state index in [-0.39, 0.29) is 6.42 Å². The molecule has 0 atom stereocenters. The molecule has 1 aromatic rings. The second-order valence-electron chi connectivity index (χ2n) is 4.24. The highest BCUT2D eigenvalue weighted by Gasteiger charge is 2.17. The molecule has 0 saturated heterocycles. The Labute approximate surface area is 105 Å². The van der Waals surface area contributed by atoms with Gasteiger partial charge in [0.05, 0.1) is 13.0 Å². The van der Waals surface area contributed by atoms with Crippen LogP contribution in [0.4, 0.5) is 0 Å². The summed E-state index contributed by atoms with van der Waals surface area (Å²) in [5, 5.41) is 20.9. The molecule has 1 N–H and O–H groups in total. The highest BCUT2D eigenvalue weighted by atomic mass is 16.4. The second kappa shape index (κ2) is 5.72. The lowest BCUT2D eigenvalue weighted by Gasteiger charge is -2.25. The van der Waals surface area contributed by atoms with Crippen molar-refractivity contribution in [2.24, 2.45) is 0 Å². The summed E-state index contributed by atoms with van der Waals surface area (Å²) in [4.78, 5) is 14.2. The molecule has 1 aliphatic heterocycles. The predicted molar refractivity (Wildman–Crippen MR) is 64.8 cm³/mol. The van der Waals surface area contributed by atoms with Crippen LogP contribution < -0.4 is 0 Å². The first-order valence-electron chi connectivity index (χ1n) is 6.10. The van der Waals surface area contributed by atoms with Crippen molar-refractivity contribution < 1.29 is 9.90 Å². The van der Waals surface area contributed by atoms with Crippen LogP contribution in [0.2, 0.25) is 0 Å². The van der Waals surface area contributed by atoms with Gasteiger partial charge in [-0.15, -0.1) is 10.2 Å². The number of rotatable bonds is 5. The van der Waals surface area contributed by atoms with Crippen LogP contribution in [0.1, 0.15) is 25.6 Å². The van der Waals surface area contributed by atoms with Gasteiger partial charge in [0.2, 0.25) is 5.82 Å². The monoisotopic (exact) mass is 251 g/mol. The molecule has 1 aromatic heterocycles. The van der Waals surface area contributed by atoms with Gasteiger partial charge in [0, 0.05) is 25.2 Å². The first-order valence-corrected chi connectivity index (χ1v) is 6.10. The van der Waals surface area contributed by atoms with Crippen LogP contribution in [0.5, 0.6) is 0 Å². The number of aryl methyl sites for hydroxylation is 1. The summed E-state index contributed by atoms with van der Waals surface area (Å²) >= 11 is 0. The molecule has 0 radical (unpaired) electrons. The number of aromatic nitrogens is 4. The van der Waals surface area contributed by atoms with Crippen LogP contribution in [0, 0.1) is 0 Å². The van der Waals surface area contributed by atoms with Crippen LogP contribution in [0.15, 0.2) is 6.08 Å². The summed E-state index contributed by atoms with van der Waals surface area (Å²) in [6.45, 7) is 4.80. The number of hydrogen-bond acceptors (Lipinski definition) is 5. The SMILES string of the molecule is CCn1nnc(C2=CCCN(CCC(=O)O)C2)n1. The Morgan fingerprint density at radius 2 is 2.39 bits per heavy atom. The van der Waals surface area contributed by atoms with E-state index in [0.29, 0.717) is 25.5 Å². The average Bonchev–Trinajstić information content (AvgIpc) is 2.85. The van der Waals surface area contributed by atoms with Crippen LogP contribution in [-0.4, -0.2) is 55.8 Å². The minimum absolute atomic E-state index is 0.169. The summed E-state index contributed by atoms with van der Waals surface area (Å²) in [7, 11) is 0. The maximum absolute atomic E-state index is 10.6. The molecule has 0 amide bonds.